The van der Waals surface area contributed by atoms with Crippen LogP contribution in [0.15, 0.2) is 26.6 Å². The summed E-state index contributed by atoms with van der Waals surface area (Å²) >= 11 is 4.80. The first-order valence-corrected chi connectivity index (χ1v) is 6.01. The molecule has 0 fully saturated rings. The highest BCUT2D eigenvalue weighted by molar-refractivity contribution is 9.10. The molecule has 0 unspecified atom stereocenters. The van der Waals surface area contributed by atoms with Gasteiger partial charge in [-0.25, -0.2) is 4.98 Å². The quantitative estimate of drug-likeness (QED) is 0.813. The van der Waals surface area contributed by atoms with Crippen LogP contribution in [0.25, 0.3) is 0 Å². The van der Waals surface area contributed by atoms with E-state index < -0.39 is 0 Å². The van der Waals surface area contributed by atoms with Crippen LogP contribution in [0.4, 0.5) is 0 Å². The fourth-order valence-corrected chi connectivity index (χ4v) is 2.26. The third kappa shape index (κ3) is 2.35. The Morgan fingerprint density at radius 2 is 2.47 bits per heavy atom. The first-order chi connectivity index (χ1) is 7.16. The zero-order chi connectivity index (χ0) is 10.8. The summed E-state index contributed by atoms with van der Waals surface area (Å²) in [5, 5.41) is 2.86. The van der Waals surface area contributed by atoms with E-state index in [-0.39, 0.29) is 12.2 Å². The lowest BCUT2D eigenvalue weighted by molar-refractivity contribution is 0.0964. The van der Waals surface area contributed by atoms with E-state index in [9.17, 15) is 4.79 Å². The zero-order valence-electron chi connectivity index (χ0n) is 7.99. The number of rotatable bonds is 3. The summed E-state index contributed by atoms with van der Waals surface area (Å²) in [5.41, 5.74) is 0.797. The molecule has 0 saturated carbocycles. The maximum Gasteiger partial charge on any atom is 0.205 e. The molecule has 2 heterocycles. The van der Waals surface area contributed by atoms with Gasteiger partial charge < -0.3 is 4.42 Å². The van der Waals surface area contributed by atoms with Gasteiger partial charge in [0.1, 0.15) is 0 Å². The third-order valence-corrected chi connectivity index (χ3v) is 3.33. The Hall–Kier alpha value is -0.940. The standard InChI is InChI=1S/C10H8BrNO2S/c1-6-12-7(5-15-6)4-9(13)10-8(11)2-3-14-10/h2-3,5H,4H2,1H3. The van der Waals surface area contributed by atoms with E-state index in [0.717, 1.165) is 10.7 Å². The number of carbonyl (C=O) groups excluding carboxylic acids is 1. The van der Waals surface area contributed by atoms with Crippen molar-refractivity contribution in [3.63, 3.8) is 0 Å². The number of furan rings is 1. The second-order valence-corrected chi connectivity index (χ2v) is 4.97. The van der Waals surface area contributed by atoms with Crippen molar-refractivity contribution in [2.75, 3.05) is 0 Å². The van der Waals surface area contributed by atoms with Crippen molar-refractivity contribution in [2.45, 2.75) is 13.3 Å². The van der Waals surface area contributed by atoms with Gasteiger partial charge >= 0.3 is 0 Å². The van der Waals surface area contributed by atoms with E-state index >= 15 is 0 Å². The molecule has 2 aromatic rings. The predicted octanol–water partition coefficient (Wildman–Crippen LogP) is 3.23. The van der Waals surface area contributed by atoms with Gasteiger partial charge in [0.15, 0.2) is 5.76 Å². The van der Waals surface area contributed by atoms with Crippen molar-refractivity contribution in [1.82, 2.24) is 4.98 Å². The number of aryl methyl sites for hydroxylation is 1. The van der Waals surface area contributed by atoms with Crippen molar-refractivity contribution >= 4 is 33.0 Å². The zero-order valence-corrected chi connectivity index (χ0v) is 10.4. The van der Waals surface area contributed by atoms with Crippen LogP contribution in [-0.4, -0.2) is 10.8 Å². The number of hydrogen-bond acceptors (Lipinski definition) is 4. The minimum Gasteiger partial charge on any atom is -0.460 e. The summed E-state index contributed by atoms with van der Waals surface area (Å²) in [4.78, 5) is 16.0. The molecule has 2 rings (SSSR count). The van der Waals surface area contributed by atoms with Gasteiger partial charge in [0.2, 0.25) is 5.78 Å². The largest absolute Gasteiger partial charge is 0.460 e. The number of nitrogens with zero attached hydrogens (tertiary/aromatic N) is 1. The SMILES string of the molecule is Cc1nc(CC(=O)c2occc2Br)cs1. The molecule has 78 valence electrons. The highest BCUT2D eigenvalue weighted by Crippen LogP contribution is 2.20. The van der Waals surface area contributed by atoms with Crippen LogP contribution in [0, 0.1) is 6.92 Å². The van der Waals surface area contributed by atoms with Gasteiger partial charge in [0.05, 0.1) is 27.9 Å². The molecule has 0 aliphatic heterocycles. The Labute approximate surface area is 99.3 Å². The third-order valence-electron chi connectivity index (χ3n) is 1.88. The number of aromatic nitrogens is 1. The number of ketones is 1. The highest BCUT2D eigenvalue weighted by Gasteiger charge is 2.15. The van der Waals surface area contributed by atoms with Gasteiger partial charge in [0.25, 0.3) is 0 Å². The Kier molecular flexibility index (Phi) is 3.02. The molecule has 0 saturated heterocycles. The lowest BCUT2D eigenvalue weighted by Gasteiger charge is -1.94. The average Bonchev–Trinajstić information content (AvgIpc) is 2.75. The molecule has 3 nitrogen and oxygen atoms in total. The summed E-state index contributed by atoms with van der Waals surface area (Å²) in [6, 6.07) is 1.71. The fourth-order valence-electron chi connectivity index (χ4n) is 1.23. The van der Waals surface area contributed by atoms with Gasteiger partial charge in [-0.2, -0.15) is 0 Å². The second kappa shape index (κ2) is 4.28. The van der Waals surface area contributed by atoms with E-state index in [1.807, 2.05) is 12.3 Å². The van der Waals surface area contributed by atoms with Crippen LogP contribution < -0.4 is 0 Å². The van der Waals surface area contributed by atoms with E-state index in [2.05, 4.69) is 20.9 Å². The Bertz CT molecular complexity index is 489. The van der Waals surface area contributed by atoms with Gasteiger partial charge in [-0.15, -0.1) is 11.3 Å². The molecular weight excluding hydrogens is 278 g/mol. The van der Waals surface area contributed by atoms with E-state index in [4.69, 9.17) is 4.42 Å². The van der Waals surface area contributed by atoms with Gasteiger partial charge in [-0.1, -0.05) is 0 Å². The summed E-state index contributed by atoms with van der Waals surface area (Å²) in [6.07, 6.45) is 1.78. The summed E-state index contributed by atoms with van der Waals surface area (Å²) < 4.78 is 5.78. The molecule has 0 aliphatic carbocycles. The minimum absolute atomic E-state index is 0.0582. The molecule has 0 N–H and O–H groups in total. The minimum atomic E-state index is -0.0582. The molecule has 0 amide bonds. The lowest BCUT2D eigenvalue weighted by atomic mass is 10.2. The number of thiazole rings is 1. The molecule has 0 aromatic carbocycles. The number of carbonyl (C=O) groups is 1. The molecule has 2 aromatic heterocycles. The van der Waals surface area contributed by atoms with Crippen molar-refractivity contribution < 1.29 is 9.21 Å². The molecule has 0 radical (unpaired) electrons. The number of halogens is 1. The molecule has 0 spiro atoms. The fraction of sp³-hybridized carbons (Fsp3) is 0.200. The molecule has 15 heavy (non-hydrogen) atoms. The second-order valence-electron chi connectivity index (χ2n) is 3.06. The molecular formula is C10H8BrNO2S. The normalized spacial score (nSPS) is 10.5. The van der Waals surface area contributed by atoms with Crippen LogP contribution in [0.3, 0.4) is 0 Å². The maximum atomic E-state index is 11.7. The van der Waals surface area contributed by atoms with Crippen LogP contribution in [0.5, 0.6) is 0 Å². The van der Waals surface area contributed by atoms with Crippen molar-refractivity contribution in [3.05, 3.63) is 38.6 Å². The van der Waals surface area contributed by atoms with Gasteiger partial charge in [-0.3, -0.25) is 4.79 Å². The Balaban J connectivity index is 2.14. The van der Waals surface area contributed by atoms with E-state index in [1.165, 1.54) is 6.26 Å². The monoisotopic (exact) mass is 285 g/mol. The smallest absolute Gasteiger partial charge is 0.205 e. The first kappa shape index (κ1) is 10.6. The Morgan fingerprint density at radius 1 is 1.67 bits per heavy atom. The van der Waals surface area contributed by atoms with Crippen LogP contribution in [0.1, 0.15) is 21.3 Å². The molecule has 5 heteroatoms. The predicted molar refractivity (Wildman–Crippen MR) is 61.3 cm³/mol. The van der Waals surface area contributed by atoms with Crippen LogP contribution in [0.2, 0.25) is 0 Å². The van der Waals surface area contributed by atoms with Crippen LogP contribution >= 0.6 is 27.3 Å². The summed E-state index contributed by atoms with van der Waals surface area (Å²) in [5.74, 6) is 0.304. The van der Waals surface area contributed by atoms with Gasteiger partial charge in [0, 0.05) is 5.38 Å². The van der Waals surface area contributed by atoms with Gasteiger partial charge in [-0.05, 0) is 28.9 Å². The number of hydrogen-bond donors (Lipinski definition) is 0. The number of Topliss-reactive ketones (excluding diaryl/α,β-unsaturated/α-hetero) is 1. The summed E-state index contributed by atoms with van der Waals surface area (Å²) in [7, 11) is 0. The topological polar surface area (TPSA) is 43.1 Å². The van der Waals surface area contributed by atoms with Crippen molar-refractivity contribution in [3.8, 4) is 0 Å². The van der Waals surface area contributed by atoms with Crippen molar-refractivity contribution in [1.29, 1.82) is 0 Å². The van der Waals surface area contributed by atoms with Crippen molar-refractivity contribution in [2.24, 2.45) is 0 Å². The Morgan fingerprint density at radius 3 is 3.00 bits per heavy atom. The molecule has 0 bridgehead atoms. The molecule has 0 atom stereocenters. The average molecular weight is 286 g/mol. The first-order valence-electron chi connectivity index (χ1n) is 4.34. The van der Waals surface area contributed by atoms with E-state index in [0.29, 0.717) is 10.2 Å². The maximum absolute atomic E-state index is 11.7. The highest BCUT2D eigenvalue weighted by atomic mass is 79.9. The summed E-state index contributed by atoms with van der Waals surface area (Å²) in [6.45, 7) is 1.92. The molecule has 0 aliphatic rings. The van der Waals surface area contributed by atoms with E-state index in [1.54, 1.807) is 17.4 Å². The lowest BCUT2D eigenvalue weighted by Crippen LogP contribution is -2.03. The van der Waals surface area contributed by atoms with Crippen LogP contribution in [-0.2, 0) is 6.42 Å².